The number of hydrogen-bond donors (Lipinski definition) is 2. The highest BCUT2D eigenvalue weighted by molar-refractivity contribution is 9.10. The fourth-order valence-electron chi connectivity index (χ4n) is 1.88. The van der Waals surface area contributed by atoms with E-state index >= 15 is 0 Å². The maximum absolute atomic E-state index is 13.4. The summed E-state index contributed by atoms with van der Waals surface area (Å²) in [5.74, 6) is 0.0442. The third-order valence-electron chi connectivity index (χ3n) is 2.98. The third-order valence-corrected chi connectivity index (χ3v) is 4.53. The van der Waals surface area contributed by atoms with Crippen LogP contribution in [0.3, 0.4) is 0 Å². The Balaban J connectivity index is 1.56. The zero-order chi connectivity index (χ0) is 16.2. The highest BCUT2D eigenvalue weighted by Gasteiger charge is 2.11. The fourth-order valence-corrected chi connectivity index (χ4v) is 2.89. The van der Waals surface area contributed by atoms with Crippen LogP contribution in [0.4, 0.5) is 4.39 Å². The van der Waals surface area contributed by atoms with Crippen LogP contribution in [0.1, 0.15) is 11.3 Å². The molecule has 2 aromatic heterocycles. The number of aromatic nitrogens is 4. The van der Waals surface area contributed by atoms with Gasteiger partial charge < -0.3 is 5.32 Å². The number of amides is 1. The van der Waals surface area contributed by atoms with Crippen molar-refractivity contribution in [2.45, 2.75) is 13.0 Å². The molecule has 0 aliphatic carbocycles. The van der Waals surface area contributed by atoms with Gasteiger partial charge in [0.2, 0.25) is 5.91 Å². The number of thiazole rings is 1. The van der Waals surface area contributed by atoms with E-state index in [1.165, 1.54) is 23.7 Å². The Morgan fingerprint density at radius 3 is 3.04 bits per heavy atom. The Morgan fingerprint density at radius 2 is 2.30 bits per heavy atom. The molecule has 1 aromatic carbocycles. The minimum Gasteiger partial charge on any atom is -0.352 e. The average molecular weight is 396 g/mol. The summed E-state index contributed by atoms with van der Waals surface area (Å²) in [5, 5.41) is 11.7. The third kappa shape index (κ3) is 3.99. The molecule has 0 saturated heterocycles. The van der Waals surface area contributed by atoms with Crippen LogP contribution in [0, 0.1) is 5.82 Å². The molecule has 0 spiro atoms. The van der Waals surface area contributed by atoms with E-state index in [1.807, 2.05) is 0 Å². The maximum atomic E-state index is 13.4. The van der Waals surface area contributed by atoms with Gasteiger partial charge in [0.05, 0.1) is 16.6 Å². The molecule has 0 fully saturated rings. The summed E-state index contributed by atoms with van der Waals surface area (Å²) < 4.78 is 13.8. The van der Waals surface area contributed by atoms with Crippen LogP contribution in [0.2, 0.25) is 0 Å². The average Bonchev–Trinajstić information content (AvgIpc) is 3.19. The molecule has 2 heterocycles. The number of carbonyl (C=O) groups is 1. The van der Waals surface area contributed by atoms with Gasteiger partial charge in [-0.15, -0.1) is 11.3 Å². The van der Waals surface area contributed by atoms with Crippen molar-refractivity contribution >= 4 is 33.2 Å². The van der Waals surface area contributed by atoms with Gasteiger partial charge in [-0.3, -0.25) is 9.89 Å². The van der Waals surface area contributed by atoms with Crippen molar-refractivity contribution in [2.75, 3.05) is 0 Å². The van der Waals surface area contributed by atoms with Crippen molar-refractivity contribution in [3.05, 3.63) is 51.5 Å². The van der Waals surface area contributed by atoms with E-state index in [1.54, 1.807) is 17.5 Å². The van der Waals surface area contributed by atoms with E-state index in [4.69, 9.17) is 0 Å². The second kappa shape index (κ2) is 6.97. The number of aromatic amines is 1. The molecule has 0 radical (unpaired) electrons. The van der Waals surface area contributed by atoms with Gasteiger partial charge in [0, 0.05) is 11.9 Å². The molecular weight excluding hydrogens is 385 g/mol. The Hall–Kier alpha value is -2.13. The molecule has 0 aliphatic rings. The van der Waals surface area contributed by atoms with E-state index in [2.05, 4.69) is 41.4 Å². The van der Waals surface area contributed by atoms with Crippen LogP contribution in [0.15, 0.2) is 34.4 Å². The smallest absolute Gasteiger partial charge is 0.226 e. The van der Waals surface area contributed by atoms with E-state index < -0.39 is 0 Å². The first-order chi connectivity index (χ1) is 11.1. The van der Waals surface area contributed by atoms with Crippen molar-refractivity contribution in [3.8, 4) is 10.8 Å². The van der Waals surface area contributed by atoms with E-state index in [-0.39, 0.29) is 24.7 Å². The van der Waals surface area contributed by atoms with Gasteiger partial charge in [0.25, 0.3) is 0 Å². The topological polar surface area (TPSA) is 83.6 Å². The van der Waals surface area contributed by atoms with E-state index in [9.17, 15) is 9.18 Å². The number of benzene rings is 1. The van der Waals surface area contributed by atoms with Crippen LogP contribution in [-0.4, -0.2) is 26.1 Å². The molecule has 6 nitrogen and oxygen atoms in total. The fraction of sp³-hybridized carbons (Fsp3) is 0.143. The Morgan fingerprint density at radius 1 is 1.43 bits per heavy atom. The SMILES string of the molecule is O=C(Cc1csc(-c2ncn[nH]2)n1)NCc1ccc(Br)c(F)c1. The number of nitrogens with zero attached hydrogens (tertiary/aromatic N) is 3. The van der Waals surface area contributed by atoms with Gasteiger partial charge in [0.15, 0.2) is 10.8 Å². The second-order valence-corrected chi connectivity index (χ2v) is 6.39. The monoisotopic (exact) mass is 395 g/mol. The van der Waals surface area contributed by atoms with Crippen LogP contribution < -0.4 is 5.32 Å². The first kappa shape index (κ1) is 15.8. The summed E-state index contributed by atoms with van der Waals surface area (Å²) in [6.45, 7) is 0.266. The van der Waals surface area contributed by atoms with E-state index in [0.29, 0.717) is 26.6 Å². The van der Waals surface area contributed by atoms with Gasteiger partial charge >= 0.3 is 0 Å². The lowest BCUT2D eigenvalue weighted by Gasteiger charge is -2.05. The zero-order valence-corrected chi connectivity index (χ0v) is 14.1. The minimum atomic E-state index is -0.354. The lowest BCUT2D eigenvalue weighted by molar-refractivity contribution is -0.120. The molecule has 3 aromatic rings. The van der Waals surface area contributed by atoms with Crippen molar-refractivity contribution < 1.29 is 9.18 Å². The summed E-state index contributed by atoms with van der Waals surface area (Å²) in [5.41, 5.74) is 1.35. The summed E-state index contributed by atoms with van der Waals surface area (Å²) in [4.78, 5) is 20.3. The van der Waals surface area contributed by atoms with Crippen molar-refractivity contribution in [1.82, 2.24) is 25.5 Å². The minimum absolute atomic E-state index is 0.156. The lowest BCUT2D eigenvalue weighted by atomic mass is 10.2. The Bertz CT molecular complexity index is 820. The molecule has 118 valence electrons. The van der Waals surface area contributed by atoms with Crippen LogP contribution in [0.25, 0.3) is 10.8 Å². The quantitative estimate of drug-likeness (QED) is 0.695. The molecule has 0 aliphatic heterocycles. The number of rotatable bonds is 5. The summed E-state index contributed by atoms with van der Waals surface area (Å²) in [6, 6.07) is 4.74. The highest BCUT2D eigenvalue weighted by Crippen LogP contribution is 2.19. The summed E-state index contributed by atoms with van der Waals surface area (Å²) in [6.07, 6.45) is 1.56. The number of H-pyrrole nitrogens is 1. The summed E-state index contributed by atoms with van der Waals surface area (Å²) in [7, 11) is 0. The van der Waals surface area contributed by atoms with Crippen molar-refractivity contribution in [3.63, 3.8) is 0 Å². The van der Waals surface area contributed by atoms with Crippen LogP contribution >= 0.6 is 27.3 Å². The van der Waals surface area contributed by atoms with Gasteiger partial charge in [0.1, 0.15) is 12.1 Å². The molecule has 1 amide bonds. The molecular formula is C14H11BrFN5OS. The Labute approximate surface area is 143 Å². The van der Waals surface area contributed by atoms with Gasteiger partial charge in [-0.2, -0.15) is 5.10 Å². The van der Waals surface area contributed by atoms with Crippen molar-refractivity contribution in [2.24, 2.45) is 0 Å². The molecule has 0 atom stereocenters. The van der Waals surface area contributed by atoms with E-state index in [0.717, 1.165) is 0 Å². The molecule has 23 heavy (non-hydrogen) atoms. The molecule has 0 saturated carbocycles. The number of carbonyl (C=O) groups excluding carboxylic acids is 1. The predicted molar refractivity (Wildman–Crippen MR) is 87.1 cm³/mol. The molecule has 3 rings (SSSR count). The molecule has 0 bridgehead atoms. The molecule has 9 heteroatoms. The van der Waals surface area contributed by atoms with Crippen LogP contribution in [-0.2, 0) is 17.8 Å². The highest BCUT2D eigenvalue weighted by atomic mass is 79.9. The molecule has 2 N–H and O–H groups in total. The zero-order valence-electron chi connectivity index (χ0n) is 11.7. The second-order valence-electron chi connectivity index (χ2n) is 4.68. The largest absolute Gasteiger partial charge is 0.352 e. The summed E-state index contributed by atoms with van der Waals surface area (Å²) >= 11 is 4.48. The number of hydrogen-bond acceptors (Lipinski definition) is 5. The van der Waals surface area contributed by atoms with Crippen LogP contribution in [0.5, 0.6) is 0 Å². The number of nitrogens with one attached hydrogen (secondary N) is 2. The van der Waals surface area contributed by atoms with Gasteiger partial charge in [-0.1, -0.05) is 6.07 Å². The number of halogens is 2. The van der Waals surface area contributed by atoms with Gasteiger partial charge in [-0.05, 0) is 33.6 Å². The molecule has 0 unspecified atom stereocenters. The van der Waals surface area contributed by atoms with Gasteiger partial charge in [-0.25, -0.2) is 14.4 Å². The lowest BCUT2D eigenvalue weighted by Crippen LogP contribution is -2.24. The predicted octanol–water partition coefficient (Wildman–Crippen LogP) is 2.69. The standard InChI is InChI=1S/C14H11BrFN5OS/c15-10-2-1-8(3-11(10)16)5-17-12(22)4-9-6-23-14(20-9)13-18-7-19-21-13/h1-3,6-7H,4-5H2,(H,17,22)(H,18,19,21). The first-order valence-corrected chi connectivity index (χ1v) is 8.30. The van der Waals surface area contributed by atoms with Crippen molar-refractivity contribution in [1.29, 1.82) is 0 Å². The Kier molecular flexibility index (Phi) is 4.77. The first-order valence-electron chi connectivity index (χ1n) is 6.62. The normalized spacial score (nSPS) is 10.7. The maximum Gasteiger partial charge on any atom is 0.226 e.